The number of hydrogen-bond acceptors (Lipinski definition) is 6. The van der Waals surface area contributed by atoms with Crippen molar-refractivity contribution in [2.75, 3.05) is 44.4 Å². The standard InChI is InChI=1S/C23H25N3O5S/c24-32(28,29)20-7-8-22(26-10-13-30-14-11-26)21(16-20)23(27)25-9-12-31-19-6-5-17-3-1-2-4-18(17)15-19/h1-8,15-16H,9-14H2,(H,25,27)(H2,24,28,29). The first-order valence-electron chi connectivity index (χ1n) is 10.3. The van der Waals surface area contributed by atoms with Crippen LogP contribution in [0, 0.1) is 0 Å². The van der Waals surface area contributed by atoms with Crippen LogP contribution in [0.4, 0.5) is 5.69 Å². The van der Waals surface area contributed by atoms with E-state index in [1.807, 2.05) is 47.4 Å². The molecule has 9 heteroatoms. The SMILES string of the molecule is NS(=O)(=O)c1ccc(N2CCOCC2)c(C(=O)NCCOc2ccc3ccccc3c2)c1. The zero-order valence-electron chi connectivity index (χ0n) is 17.5. The number of nitrogens with one attached hydrogen (secondary N) is 1. The van der Waals surface area contributed by atoms with Gasteiger partial charge in [-0.25, -0.2) is 13.6 Å². The minimum absolute atomic E-state index is 0.105. The third-order valence-electron chi connectivity index (χ3n) is 5.27. The molecule has 1 amide bonds. The number of primary sulfonamides is 1. The topological polar surface area (TPSA) is 111 Å². The van der Waals surface area contributed by atoms with Gasteiger partial charge in [0.15, 0.2) is 0 Å². The molecule has 1 aliphatic heterocycles. The summed E-state index contributed by atoms with van der Waals surface area (Å²) in [6, 6.07) is 18.2. The number of fused-ring (bicyclic) bond motifs is 1. The molecule has 3 N–H and O–H groups in total. The lowest BCUT2D eigenvalue weighted by molar-refractivity contribution is 0.0945. The average Bonchev–Trinajstić information content (AvgIpc) is 2.81. The number of amides is 1. The second-order valence-electron chi connectivity index (χ2n) is 7.44. The zero-order valence-corrected chi connectivity index (χ0v) is 18.3. The van der Waals surface area contributed by atoms with Crippen LogP contribution in [-0.2, 0) is 14.8 Å². The van der Waals surface area contributed by atoms with E-state index in [9.17, 15) is 13.2 Å². The van der Waals surface area contributed by atoms with Crippen molar-refractivity contribution in [3.8, 4) is 5.75 Å². The van der Waals surface area contributed by atoms with Gasteiger partial charge < -0.3 is 19.7 Å². The van der Waals surface area contributed by atoms with Gasteiger partial charge in [0.2, 0.25) is 10.0 Å². The molecule has 4 rings (SSSR count). The molecule has 8 nitrogen and oxygen atoms in total. The summed E-state index contributed by atoms with van der Waals surface area (Å²) in [5.74, 6) is 0.322. The van der Waals surface area contributed by atoms with E-state index in [4.69, 9.17) is 14.6 Å². The number of nitrogens with zero attached hydrogens (tertiary/aromatic N) is 1. The molecule has 0 saturated carbocycles. The van der Waals surface area contributed by atoms with Gasteiger partial charge in [-0.15, -0.1) is 0 Å². The number of rotatable bonds is 7. The number of morpholine rings is 1. The molecule has 1 aliphatic rings. The molecule has 1 saturated heterocycles. The Kier molecular flexibility index (Phi) is 6.59. The fourth-order valence-corrected chi connectivity index (χ4v) is 4.18. The molecule has 0 aliphatic carbocycles. The van der Waals surface area contributed by atoms with E-state index < -0.39 is 10.0 Å². The maximum Gasteiger partial charge on any atom is 0.253 e. The number of carbonyl (C=O) groups excluding carboxylic acids is 1. The van der Waals surface area contributed by atoms with E-state index in [0.29, 0.717) is 37.7 Å². The number of hydrogen-bond donors (Lipinski definition) is 2. The summed E-state index contributed by atoms with van der Waals surface area (Å²) < 4.78 is 34.7. The Morgan fingerprint density at radius 2 is 1.78 bits per heavy atom. The average molecular weight is 456 g/mol. The van der Waals surface area contributed by atoms with Gasteiger partial charge in [-0.05, 0) is 41.1 Å². The molecule has 1 heterocycles. The Morgan fingerprint density at radius 3 is 2.53 bits per heavy atom. The maximum atomic E-state index is 12.9. The molecule has 32 heavy (non-hydrogen) atoms. The van der Waals surface area contributed by atoms with Crippen molar-refractivity contribution in [3.05, 3.63) is 66.2 Å². The summed E-state index contributed by atoms with van der Waals surface area (Å²) in [5.41, 5.74) is 0.901. The summed E-state index contributed by atoms with van der Waals surface area (Å²) >= 11 is 0. The summed E-state index contributed by atoms with van der Waals surface area (Å²) in [6.45, 7) is 2.83. The Labute approximate surface area is 187 Å². The van der Waals surface area contributed by atoms with Gasteiger partial charge in [0.1, 0.15) is 12.4 Å². The minimum Gasteiger partial charge on any atom is -0.492 e. The van der Waals surface area contributed by atoms with E-state index in [-0.39, 0.29) is 29.5 Å². The van der Waals surface area contributed by atoms with Crippen LogP contribution in [0.15, 0.2) is 65.6 Å². The highest BCUT2D eigenvalue weighted by Crippen LogP contribution is 2.25. The number of nitrogens with two attached hydrogens (primary N) is 1. The molecule has 168 valence electrons. The second kappa shape index (κ2) is 9.56. The van der Waals surface area contributed by atoms with Crippen molar-refractivity contribution < 1.29 is 22.7 Å². The molecular formula is C23H25N3O5S. The Balaban J connectivity index is 1.43. The summed E-state index contributed by atoms with van der Waals surface area (Å²) in [6.07, 6.45) is 0. The highest BCUT2D eigenvalue weighted by Gasteiger charge is 2.21. The first-order valence-corrected chi connectivity index (χ1v) is 11.9. The van der Waals surface area contributed by atoms with Crippen LogP contribution in [0.3, 0.4) is 0 Å². The van der Waals surface area contributed by atoms with Crippen molar-refractivity contribution in [3.63, 3.8) is 0 Å². The van der Waals surface area contributed by atoms with Crippen molar-refractivity contribution in [1.82, 2.24) is 5.32 Å². The summed E-state index contributed by atoms with van der Waals surface area (Å²) in [4.78, 5) is 14.8. The Hall–Kier alpha value is -3.14. The Bertz CT molecular complexity index is 1220. The van der Waals surface area contributed by atoms with Gasteiger partial charge in [0, 0.05) is 18.8 Å². The van der Waals surface area contributed by atoms with E-state index in [1.54, 1.807) is 6.07 Å². The number of carbonyl (C=O) groups is 1. The van der Waals surface area contributed by atoms with E-state index in [2.05, 4.69) is 5.32 Å². The van der Waals surface area contributed by atoms with Crippen LogP contribution in [0.1, 0.15) is 10.4 Å². The molecular weight excluding hydrogens is 430 g/mol. The maximum absolute atomic E-state index is 12.9. The summed E-state index contributed by atoms with van der Waals surface area (Å²) in [7, 11) is -3.93. The monoisotopic (exact) mass is 455 g/mol. The molecule has 3 aromatic rings. The Morgan fingerprint density at radius 1 is 1.03 bits per heavy atom. The van der Waals surface area contributed by atoms with Crippen molar-refractivity contribution >= 4 is 32.4 Å². The van der Waals surface area contributed by atoms with E-state index in [1.165, 1.54) is 12.1 Å². The van der Waals surface area contributed by atoms with Gasteiger partial charge in [0.25, 0.3) is 5.91 Å². The first-order chi connectivity index (χ1) is 15.4. The van der Waals surface area contributed by atoms with Gasteiger partial charge in [-0.2, -0.15) is 0 Å². The molecule has 0 unspecified atom stereocenters. The van der Waals surface area contributed by atoms with Gasteiger partial charge >= 0.3 is 0 Å². The van der Waals surface area contributed by atoms with Crippen LogP contribution in [0.25, 0.3) is 10.8 Å². The zero-order chi connectivity index (χ0) is 22.6. The lowest BCUT2D eigenvalue weighted by Crippen LogP contribution is -2.38. The molecule has 0 atom stereocenters. The van der Waals surface area contributed by atoms with Crippen LogP contribution in [0.5, 0.6) is 5.75 Å². The van der Waals surface area contributed by atoms with Gasteiger partial charge in [-0.1, -0.05) is 30.3 Å². The van der Waals surface area contributed by atoms with E-state index >= 15 is 0 Å². The normalized spacial score (nSPS) is 14.3. The molecule has 1 fully saturated rings. The number of benzene rings is 3. The molecule has 0 spiro atoms. The third-order valence-corrected chi connectivity index (χ3v) is 6.18. The molecule has 3 aromatic carbocycles. The highest BCUT2D eigenvalue weighted by molar-refractivity contribution is 7.89. The lowest BCUT2D eigenvalue weighted by Gasteiger charge is -2.30. The van der Waals surface area contributed by atoms with E-state index in [0.717, 1.165) is 10.8 Å². The first kappa shape index (κ1) is 22.1. The van der Waals surface area contributed by atoms with Gasteiger partial charge in [-0.3, -0.25) is 4.79 Å². The smallest absolute Gasteiger partial charge is 0.253 e. The van der Waals surface area contributed by atoms with Gasteiger partial charge in [0.05, 0.1) is 30.2 Å². The van der Waals surface area contributed by atoms with Crippen LogP contribution < -0.4 is 20.1 Å². The number of ether oxygens (including phenoxy) is 2. The van der Waals surface area contributed by atoms with Crippen LogP contribution in [-0.4, -0.2) is 53.8 Å². The molecule has 0 radical (unpaired) electrons. The van der Waals surface area contributed by atoms with Crippen molar-refractivity contribution in [1.29, 1.82) is 0 Å². The van der Waals surface area contributed by atoms with Crippen LogP contribution >= 0.6 is 0 Å². The lowest BCUT2D eigenvalue weighted by atomic mass is 10.1. The largest absolute Gasteiger partial charge is 0.492 e. The molecule has 0 bridgehead atoms. The summed E-state index contributed by atoms with van der Waals surface area (Å²) in [5, 5.41) is 10.3. The fraction of sp³-hybridized carbons (Fsp3) is 0.261. The third kappa shape index (κ3) is 5.18. The predicted molar refractivity (Wildman–Crippen MR) is 123 cm³/mol. The van der Waals surface area contributed by atoms with Crippen molar-refractivity contribution in [2.24, 2.45) is 5.14 Å². The number of sulfonamides is 1. The quantitative estimate of drug-likeness (QED) is 0.528. The number of anilines is 1. The highest BCUT2D eigenvalue weighted by atomic mass is 32.2. The molecule has 0 aromatic heterocycles. The van der Waals surface area contributed by atoms with Crippen LogP contribution in [0.2, 0.25) is 0 Å². The fourth-order valence-electron chi connectivity index (χ4n) is 3.64. The minimum atomic E-state index is -3.93. The van der Waals surface area contributed by atoms with Crippen molar-refractivity contribution in [2.45, 2.75) is 4.90 Å². The predicted octanol–water partition coefficient (Wildman–Crippen LogP) is 2.13. The second-order valence-corrected chi connectivity index (χ2v) is 9.00.